The van der Waals surface area contributed by atoms with Crippen molar-refractivity contribution in [3.8, 4) is 22.8 Å². The smallest absolute Gasteiger partial charge is 0.315 e. The molecular weight excluding hydrogens is 328 g/mol. The third-order valence-electron chi connectivity index (χ3n) is 3.70. The SMILES string of the molecule is CC(C)Oc1cc(-c2ncccc2C2COCO2)cc([N+](=O)[O-])c1O. The third kappa shape index (κ3) is 3.54. The molecule has 3 rings (SSSR count). The van der Waals surface area contributed by atoms with E-state index in [0.717, 1.165) is 5.56 Å². The molecule has 2 heterocycles. The predicted molar refractivity (Wildman–Crippen MR) is 88.4 cm³/mol. The van der Waals surface area contributed by atoms with E-state index in [9.17, 15) is 15.2 Å². The van der Waals surface area contributed by atoms with Crippen molar-refractivity contribution in [2.45, 2.75) is 26.1 Å². The molecule has 8 nitrogen and oxygen atoms in total. The monoisotopic (exact) mass is 346 g/mol. The van der Waals surface area contributed by atoms with Gasteiger partial charge in [0, 0.05) is 23.4 Å². The van der Waals surface area contributed by atoms with E-state index in [2.05, 4.69) is 4.98 Å². The van der Waals surface area contributed by atoms with Gasteiger partial charge in [-0.3, -0.25) is 15.1 Å². The van der Waals surface area contributed by atoms with E-state index in [1.54, 1.807) is 32.2 Å². The van der Waals surface area contributed by atoms with Crippen molar-refractivity contribution in [1.82, 2.24) is 4.98 Å². The van der Waals surface area contributed by atoms with Crippen molar-refractivity contribution >= 4 is 5.69 Å². The molecule has 0 radical (unpaired) electrons. The Balaban J connectivity index is 2.14. The van der Waals surface area contributed by atoms with Gasteiger partial charge >= 0.3 is 5.69 Å². The number of nitrogens with zero attached hydrogens (tertiary/aromatic N) is 2. The molecule has 1 unspecified atom stereocenters. The highest BCUT2D eigenvalue weighted by Crippen LogP contribution is 2.42. The van der Waals surface area contributed by atoms with Crippen molar-refractivity contribution in [3.05, 3.63) is 46.1 Å². The lowest BCUT2D eigenvalue weighted by molar-refractivity contribution is -0.385. The molecular formula is C17H18N2O6. The van der Waals surface area contributed by atoms with Crippen LogP contribution in [-0.2, 0) is 9.47 Å². The van der Waals surface area contributed by atoms with Gasteiger partial charge in [0.1, 0.15) is 12.9 Å². The van der Waals surface area contributed by atoms with Gasteiger partial charge in [0.05, 0.1) is 23.3 Å². The van der Waals surface area contributed by atoms with Crippen LogP contribution in [0.1, 0.15) is 25.5 Å². The molecule has 25 heavy (non-hydrogen) atoms. The predicted octanol–water partition coefficient (Wildman–Crippen LogP) is 3.20. The van der Waals surface area contributed by atoms with Crippen molar-refractivity contribution in [2.24, 2.45) is 0 Å². The summed E-state index contributed by atoms with van der Waals surface area (Å²) in [7, 11) is 0. The van der Waals surface area contributed by atoms with Crippen LogP contribution in [0.15, 0.2) is 30.5 Å². The Bertz CT molecular complexity index is 787. The van der Waals surface area contributed by atoms with Crippen molar-refractivity contribution in [3.63, 3.8) is 0 Å². The van der Waals surface area contributed by atoms with Crippen LogP contribution < -0.4 is 4.74 Å². The molecule has 1 N–H and O–H groups in total. The topological polar surface area (TPSA) is 104 Å². The molecule has 0 saturated carbocycles. The quantitative estimate of drug-likeness (QED) is 0.655. The standard InChI is InChI=1S/C17H18N2O6/c1-10(2)25-14-7-11(6-13(17(14)20)19(21)22)16-12(4-3-5-18-16)15-8-23-9-24-15/h3-7,10,15,20H,8-9H2,1-2H3. The lowest BCUT2D eigenvalue weighted by Gasteiger charge is -2.16. The van der Waals surface area contributed by atoms with Crippen LogP contribution in [0.2, 0.25) is 0 Å². The maximum atomic E-state index is 11.3. The molecule has 0 bridgehead atoms. The summed E-state index contributed by atoms with van der Waals surface area (Å²) in [5.41, 5.74) is 1.31. The molecule has 1 saturated heterocycles. The number of nitro groups is 1. The molecule has 132 valence electrons. The van der Waals surface area contributed by atoms with Crippen LogP contribution in [0.4, 0.5) is 5.69 Å². The van der Waals surface area contributed by atoms with Crippen LogP contribution in [0, 0.1) is 10.1 Å². The second-order valence-corrected chi connectivity index (χ2v) is 5.85. The van der Waals surface area contributed by atoms with E-state index >= 15 is 0 Å². The van der Waals surface area contributed by atoms with E-state index < -0.39 is 16.4 Å². The first-order chi connectivity index (χ1) is 12.0. The number of benzene rings is 1. The Labute approximate surface area is 144 Å². The van der Waals surface area contributed by atoms with Crippen LogP contribution in [0.3, 0.4) is 0 Å². The summed E-state index contributed by atoms with van der Waals surface area (Å²) >= 11 is 0. The molecule has 2 aromatic rings. The third-order valence-corrected chi connectivity index (χ3v) is 3.70. The number of phenols is 1. The summed E-state index contributed by atoms with van der Waals surface area (Å²) in [6.45, 7) is 4.12. The molecule has 0 amide bonds. The number of aromatic hydroxyl groups is 1. The number of hydrogen-bond donors (Lipinski definition) is 1. The van der Waals surface area contributed by atoms with E-state index in [4.69, 9.17) is 14.2 Å². The number of hydrogen-bond acceptors (Lipinski definition) is 7. The van der Waals surface area contributed by atoms with Gasteiger partial charge in [-0.1, -0.05) is 6.07 Å². The first-order valence-corrected chi connectivity index (χ1v) is 7.80. The van der Waals surface area contributed by atoms with E-state index in [0.29, 0.717) is 17.9 Å². The lowest BCUT2D eigenvalue weighted by atomic mass is 10.0. The van der Waals surface area contributed by atoms with Gasteiger partial charge in [0.2, 0.25) is 5.75 Å². The van der Waals surface area contributed by atoms with Gasteiger partial charge in [-0.25, -0.2) is 0 Å². The summed E-state index contributed by atoms with van der Waals surface area (Å²) in [6, 6.07) is 6.43. The normalized spacial score (nSPS) is 17.0. The number of ether oxygens (including phenoxy) is 3. The molecule has 8 heteroatoms. The van der Waals surface area contributed by atoms with Crippen LogP contribution in [-0.4, -0.2) is 34.5 Å². The van der Waals surface area contributed by atoms with Gasteiger partial charge < -0.3 is 19.3 Å². The Hall–Kier alpha value is -2.71. The second-order valence-electron chi connectivity index (χ2n) is 5.85. The number of nitro benzene ring substituents is 1. The zero-order valence-corrected chi connectivity index (χ0v) is 13.8. The highest BCUT2D eigenvalue weighted by molar-refractivity contribution is 5.72. The Morgan fingerprint density at radius 1 is 1.44 bits per heavy atom. The summed E-state index contributed by atoms with van der Waals surface area (Å²) in [4.78, 5) is 15.0. The summed E-state index contributed by atoms with van der Waals surface area (Å²) in [5.74, 6) is -0.459. The first-order valence-electron chi connectivity index (χ1n) is 7.80. The van der Waals surface area contributed by atoms with Crippen LogP contribution >= 0.6 is 0 Å². The van der Waals surface area contributed by atoms with Gasteiger partial charge in [0.25, 0.3) is 0 Å². The minimum atomic E-state index is -0.649. The summed E-state index contributed by atoms with van der Waals surface area (Å²) in [6.07, 6.45) is 1.04. The van der Waals surface area contributed by atoms with Crippen molar-refractivity contribution in [1.29, 1.82) is 0 Å². The van der Waals surface area contributed by atoms with E-state index in [1.807, 2.05) is 6.07 Å². The average molecular weight is 346 g/mol. The molecule has 0 spiro atoms. The molecule has 1 fully saturated rings. The van der Waals surface area contributed by atoms with Gasteiger partial charge in [-0.05, 0) is 26.0 Å². The molecule has 1 aromatic heterocycles. The average Bonchev–Trinajstić information content (AvgIpc) is 3.10. The van der Waals surface area contributed by atoms with Gasteiger partial charge in [0.15, 0.2) is 5.75 Å². The summed E-state index contributed by atoms with van der Waals surface area (Å²) < 4.78 is 16.3. The largest absolute Gasteiger partial charge is 0.500 e. The van der Waals surface area contributed by atoms with Crippen molar-refractivity contribution in [2.75, 3.05) is 13.4 Å². The Kier molecular flexibility index (Phi) is 4.82. The van der Waals surface area contributed by atoms with Crippen LogP contribution in [0.5, 0.6) is 11.5 Å². The number of rotatable bonds is 5. The Morgan fingerprint density at radius 3 is 2.88 bits per heavy atom. The number of pyridine rings is 1. The molecule has 0 aliphatic carbocycles. The van der Waals surface area contributed by atoms with Crippen LogP contribution in [0.25, 0.3) is 11.3 Å². The summed E-state index contributed by atoms with van der Waals surface area (Å²) in [5, 5.41) is 21.4. The second kappa shape index (κ2) is 7.04. The molecule has 1 atom stereocenters. The minimum Gasteiger partial charge on any atom is -0.500 e. The fourth-order valence-corrected chi connectivity index (χ4v) is 2.64. The highest BCUT2D eigenvalue weighted by atomic mass is 16.7. The molecule has 1 aromatic carbocycles. The zero-order chi connectivity index (χ0) is 18.0. The zero-order valence-electron chi connectivity index (χ0n) is 13.8. The minimum absolute atomic E-state index is 0.0411. The first kappa shape index (κ1) is 17.1. The lowest BCUT2D eigenvalue weighted by Crippen LogP contribution is -2.07. The fourth-order valence-electron chi connectivity index (χ4n) is 2.64. The van der Waals surface area contributed by atoms with E-state index in [1.165, 1.54) is 6.07 Å². The van der Waals surface area contributed by atoms with Gasteiger partial charge in [-0.2, -0.15) is 0 Å². The number of phenolic OH excluding ortho intramolecular Hbond substituents is 1. The number of aromatic nitrogens is 1. The Morgan fingerprint density at radius 2 is 2.24 bits per heavy atom. The maximum absolute atomic E-state index is 11.3. The molecule has 1 aliphatic heterocycles. The fraction of sp³-hybridized carbons (Fsp3) is 0.353. The molecule has 1 aliphatic rings. The van der Waals surface area contributed by atoms with Crippen molar-refractivity contribution < 1.29 is 24.2 Å². The van der Waals surface area contributed by atoms with E-state index in [-0.39, 0.29) is 24.8 Å². The van der Waals surface area contributed by atoms with Gasteiger partial charge in [-0.15, -0.1) is 0 Å². The maximum Gasteiger partial charge on any atom is 0.315 e. The highest BCUT2D eigenvalue weighted by Gasteiger charge is 2.26.